The third-order valence-corrected chi connectivity index (χ3v) is 7.72. The number of fused-ring (bicyclic) bond motifs is 1. The van der Waals surface area contributed by atoms with E-state index in [4.69, 9.17) is 4.74 Å². The van der Waals surface area contributed by atoms with Crippen LogP contribution in [0, 0.1) is 6.92 Å². The molecule has 6 rings (SSSR count). The Kier molecular flexibility index (Phi) is 8.07. The molecular weight excluding hydrogens is 569 g/mol. The number of ether oxygens (including phenoxy) is 1. The lowest BCUT2D eigenvalue weighted by Gasteiger charge is -2.33. The lowest BCUT2D eigenvalue weighted by molar-refractivity contribution is -0.138. The fraction of sp³-hybridized carbons (Fsp3) is 0.242. The predicted molar refractivity (Wildman–Crippen MR) is 163 cm³/mol. The zero-order valence-electron chi connectivity index (χ0n) is 24.3. The molecule has 1 aliphatic rings. The van der Waals surface area contributed by atoms with Crippen molar-refractivity contribution in [1.29, 1.82) is 0 Å². The average Bonchev–Trinajstić information content (AvgIpc) is 3.49. The van der Waals surface area contributed by atoms with Crippen LogP contribution in [-0.4, -0.2) is 63.9 Å². The zero-order valence-corrected chi connectivity index (χ0v) is 24.3. The van der Waals surface area contributed by atoms with Gasteiger partial charge in [0.2, 0.25) is 5.88 Å². The molecule has 2 aromatic heterocycles. The molecule has 5 aromatic rings. The second-order valence-corrected chi connectivity index (χ2v) is 10.9. The highest BCUT2D eigenvalue weighted by Crippen LogP contribution is 2.35. The Bertz CT molecular complexity index is 1800. The van der Waals surface area contributed by atoms with Gasteiger partial charge in [0.25, 0.3) is 5.91 Å². The van der Waals surface area contributed by atoms with E-state index in [0.29, 0.717) is 35.7 Å². The molecule has 3 aromatic carbocycles. The van der Waals surface area contributed by atoms with Gasteiger partial charge in [-0.1, -0.05) is 42.5 Å². The number of alkyl halides is 3. The van der Waals surface area contributed by atoms with Crippen molar-refractivity contribution in [3.63, 3.8) is 0 Å². The SMILES string of the molecule is Cc1ccc(C(=O)Nc2ccc(CN3CCN(C)CC3)c(C(F)(F)F)c2)cc1Oc1nc(-c2ccccc2)nc2cc[nH]c12. The fourth-order valence-electron chi connectivity index (χ4n) is 5.17. The summed E-state index contributed by atoms with van der Waals surface area (Å²) in [4.78, 5) is 29.8. The van der Waals surface area contributed by atoms with Gasteiger partial charge < -0.3 is 19.9 Å². The highest BCUT2D eigenvalue weighted by atomic mass is 19.4. The number of piperazine rings is 1. The molecular formula is C33H31F3N6O2. The molecule has 2 N–H and O–H groups in total. The Morgan fingerprint density at radius 3 is 2.50 bits per heavy atom. The Morgan fingerprint density at radius 2 is 1.75 bits per heavy atom. The van der Waals surface area contributed by atoms with Crippen LogP contribution in [0.15, 0.2) is 79.0 Å². The molecule has 0 radical (unpaired) electrons. The van der Waals surface area contributed by atoms with Crippen LogP contribution in [0.2, 0.25) is 0 Å². The van der Waals surface area contributed by atoms with E-state index in [2.05, 4.69) is 25.2 Å². The molecule has 1 aliphatic heterocycles. The second-order valence-electron chi connectivity index (χ2n) is 10.9. The Morgan fingerprint density at radius 1 is 0.977 bits per heavy atom. The monoisotopic (exact) mass is 600 g/mol. The van der Waals surface area contributed by atoms with Gasteiger partial charge in [-0.15, -0.1) is 0 Å². The molecule has 11 heteroatoms. The number of rotatable bonds is 7. The van der Waals surface area contributed by atoms with E-state index < -0.39 is 17.6 Å². The number of likely N-dealkylation sites (N-methyl/N-ethyl adjacent to an activating group) is 1. The number of halogens is 3. The van der Waals surface area contributed by atoms with Gasteiger partial charge in [0.05, 0.1) is 11.1 Å². The molecule has 3 heterocycles. The number of anilines is 1. The Labute approximate surface area is 252 Å². The predicted octanol–water partition coefficient (Wildman–Crippen LogP) is 6.74. The molecule has 0 spiro atoms. The largest absolute Gasteiger partial charge is 0.437 e. The van der Waals surface area contributed by atoms with Crippen molar-refractivity contribution in [3.8, 4) is 23.0 Å². The van der Waals surface area contributed by atoms with Crippen LogP contribution in [0.25, 0.3) is 22.4 Å². The first-order valence-corrected chi connectivity index (χ1v) is 14.3. The molecule has 0 saturated carbocycles. The van der Waals surface area contributed by atoms with E-state index in [0.717, 1.165) is 30.3 Å². The summed E-state index contributed by atoms with van der Waals surface area (Å²) in [5, 5.41) is 2.63. The molecule has 8 nitrogen and oxygen atoms in total. The fourth-order valence-corrected chi connectivity index (χ4v) is 5.17. The van der Waals surface area contributed by atoms with Gasteiger partial charge in [0.15, 0.2) is 5.82 Å². The molecule has 1 saturated heterocycles. The van der Waals surface area contributed by atoms with Gasteiger partial charge in [0.1, 0.15) is 11.3 Å². The number of aromatic amines is 1. The van der Waals surface area contributed by atoms with Gasteiger partial charge in [-0.25, -0.2) is 4.98 Å². The number of H-pyrrole nitrogens is 1. The van der Waals surface area contributed by atoms with Crippen LogP contribution in [-0.2, 0) is 12.7 Å². The maximum atomic E-state index is 14.1. The van der Waals surface area contributed by atoms with Crippen LogP contribution < -0.4 is 10.1 Å². The van der Waals surface area contributed by atoms with Crippen molar-refractivity contribution in [2.75, 3.05) is 38.5 Å². The van der Waals surface area contributed by atoms with E-state index in [9.17, 15) is 18.0 Å². The van der Waals surface area contributed by atoms with Gasteiger partial charge in [-0.3, -0.25) is 9.69 Å². The second kappa shape index (κ2) is 12.1. The molecule has 44 heavy (non-hydrogen) atoms. The first kappa shape index (κ1) is 29.3. The van der Waals surface area contributed by atoms with Crippen molar-refractivity contribution in [1.82, 2.24) is 24.8 Å². The summed E-state index contributed by atoms with van der Waals surface area (Å²) in [6.45, 7) is 5.03. The quantitative estimate of drug-likeness (QED) is 0.215. The number of hydrogen-bond donors (Lipinski definition) is 2. The Hall–Kier alpha value is -4.74. The summed E-state index contributed by atoms with van der Waals surface area (Å²) in [7, 11) is 2.00. The number of nitrogens with one attached hydrogen (secondary N) is 2. The van der Waals surface area contributed by atoms with E-state index >= 15 is 0 Å². The summed E-state index contributed by atoms with van der Waals surface area (Å²) in [5.41, 5.74) is 2.53. The average molecular weight is 601 g/mol. The van der Waals surface area contributed by atoms with Crippen LogP contribution in [0.4, 0.5) is 18.9 Å². The number of carbonyl (C=O) groups is 1. The van der Waals surface area contributed by atoms with Crippen molar-refractivity contribution >= 4 is 22.6 Å². The van der Waals surface area contributed by atoms with Gasteiger partial charge >= 0.3 is 6.18 Å². The van der Waals surface area contributed by atoms with E-state index in [1.54, 1.807) is 24.4 Å². The number of hydrogen-bond acceptors (Lipinski definition) is 6. The van der Waals surface area contributed by atoms with Crippen LogP contribution in [0.5, 0.6) is 11.6 Å². The third-order valence-electron chi connectivity index (χ3n) is 7.72. The molecule has 1 amide bonds. The molecule has 0 bridgehead atoms. The van der Waals surface area contributed by atoms with Crippen LogP contribution in [0.3, 0.4) is 0 Å². The van der Waals surface area contributed by atoms with Gasteiger partial charge in [-0.2, -0.15) is 18.2 Å². The van der Waals surface area contributed by atoms with E-state index in [1.165, 1.54) is 12.1 Å². The number of nitrogens with zero attached hydrogens (tertiary/aromatic N) is 4. The topological polar surface area (TPSA) is 86.4 Å². The minimum absolute atomic E-state index is 0.0592. The Balaban J connectivity index is 1.24. The molecule has 0 unspecified atom stereocenters. The summed E-state index contributed by atoms with van der Waals surface area (Å²) in [6.07, 6.45) is -2.82. The van der Waals surface area contributed by atoms with E-state index in [-0.39, 0.29) is 29.2 Å². The molecule has 0 atom stereocenters. The van der Waals surface area contributed by atoms with Crippen molar-refractivity contribution in [2.24, 2.45) is 0 Å². The number of amides is 1. The van der Waals surface area contributed by atoms with Gasteiger partial charge in [0, 0.05) is 55.7 Å². The standard InChI is InChI=1S/C33H31F3N6O2/c1-21-8-9-23(18-28(21)44-32-29-27(12-13-37-29)39-30(40-32)22-6-4-3-5-7-22)31(43)38-25-11-10-24(26(19-25)33(34,35)36)20-42-16-14-41(2)15-17-42/h3-13,18-19,37H,14-17,20H2,1-2H3,(H,38,43). The van der Waals surface area contributed by atoms with Crippen LogP contribution >= 0.6 is 0 Å². The highest BCUT2D eigenvalue weighted by molar-refractivity contribution is 6.04. The van der Waals surface area contributed by atoms with E-state index in [1.807, 2.05) is 55.3 Å². The zero-order chi connectivity index (χ0) is 30.8. The summed E-state index contributed by atoms with van der Waals surface area (Å²) < 4.78 is 48.4. The summed E-state index contributed by atoms with van der Waals surface area (Å²) >= 11 is 0. The summed E-state index contributed by atoms with van der Waals surface area (Å²) in [6, 6.07) is 20.1. The van der Waals surface area contributed by atoms with Crippen molar-refractivity contribution < 1.29 is 22.7 Å². The number of carbonyl (C=O) groups excluding carboxylic acids is 1. The number of aryl methyl sites for hydroxylation is 1. The third kappa shape index (κ3) is 6.43. The molecule has 226 valence electrons. The first-order chi connectivity index (χ1) is 21.1. The molecule has 0 aliphatic carbocycles. The first-order valence-electron chi connectivity index (χ1n) is 14.3. The lowest BCUT2D eigenvalue weighted by atomic mass is 10.0. The maximum absolute atomic E-state index is 14.1. The highest BCUT2D eigenvalue weighted by Gasteiger charge is 2.34. The van der Waals surface area contributed by atoms with Crippen molar-refractivity contribution in [3.05, 3.63) is 101 Å². The number of benzene rings is 3. The smallest absolute Gasteiger partial charge is 0.416 e. The minimum atomic E-state index is -4.56. The molecule has 1 fully saturated rings. The van der Waals surface area contributed by atoms with Crippen molar-refractivity contribution in [2.45, 2.75) is 19.6 Å². The number of aromatic nitrogens is 3. The van der Waals surface area contributed by atoms with Crippen LogP contribution in [0.1, 0.15) is 27.0 Å². The van der Waals surface area contributed by atoms with Gasteiger partial charge in [-0.05, 0) is 55.4 Å². The summed E-state index contributed by atoms with van der Waals surface area (Å²) in [5.74, 6) is 0.582. The lowest BCUT2D eigenvalue weighted by Crippen LogP contribution is -2.44. The minimum Gasteiger partial charge on any atom is -0.437 e. The normalized spacial score (nSPS) is 14.6. The maximum Gasteiger partial charge on any atom is 0.416 e.